The van der Waals surface area contributed by atoms with Crippen LogP contribution in [0.3, 0.4) is 0 Å². The van der Waals surface area contributed by atoms with Gasteiger partial charge in [-0.15, -0.1) is 0 Å². The van der Waals surface area contributed by atoms with E-state index in [2.05, 4.69) is 5.32 Å². The molecule has 0 unspecified atom stereocenters. The van der Waals surface area contributed by atoms with Crippen molar-refractivity contribution in [3.8, 4) is 5.75 Å². The zero-order valence-corrected chi connectivity index (χ0v) is 13.2. The van der Waals surface area contributed by atoms with Crippen molar-refractivity contribution >= 4 is 5.91 Å². The fraction of sp³-hybridized carbons (Fsp3) is 0.278. The Hall–Kier alpha value is -2.50. The molecule has 3 nitrogen and oxygen atoms in total. The average Bonchev–Trinajstić information content (AvgIpc) is 2.53. The monoisotopic (exact) mass is 337 g/mol. The molecular formula is C18H18F3NO2. The Morgan fingerprint density at radius 3 is 2.50 bits per heavy atom. The molecule has 2 aromatic rings. The molecule has 1 N–H and O–H groups in total. The summed E-state index contributed by atoms with van der Waals surface area (Å²) in [5.41, 5.74) is 0.689. The van der Waals surface area contributed by atoms with E-state index >= 15 is 0 Å². The van der Waals surface area contributed by atoms with Gasteiger partial charge >= 0.3 is 6.18 Å². The van der Waals surface area contributed by atoms with Crippen LogP contribution in [0.1, 0.15) is 16.7 Å². The molecule has 128 valence electrons. The number of nitrogens with one attached hydrogen (secondary N) is 1. The summed E-state index contributed by atoms with van der Waals surface area (Å²) in [5, 5.41) is 2.63. The van der Waals surface area contributed by atoms with E-state index < -0.39 is 11.7 Å². The van der Waals surface area contributed by atoms with Crippen molar-refractivity contribution < 1.29 is 22.7 Å². The molecule has 0 radical (unpaired) electrons. The lowest BCUT2D eigenvalue weighted by Gasteiger charge is -2.10. The predicted octanol–water partition coefficient (Wildman–Crippen LogP) is 3.75. The molecule has 1 amide bonds. The highest BCUT2D eigenvalue weighted by Gasteiger charge is 2.30. The van der Waals surface area contributed by atoms with Crippen LogP contribution in [0.15, 0.2) is 48.5 Å². The van der Waals surface area contributed by atoms with Crippen LogP contribution in [-0.4, -0.2) is 19.1 Å². The highest BCUT2D eigenvalue weighted by atomic mass is 19.4. The molecule has 6 heteroatoms. The summed E-state index contributed by atoms with van der Waals surface area (Å²) in [6.45, 7) is 2.54. The maximum absolute atomic E-state index is 12.6. The van der Waals surface area contributed by atoms with E-state index in [4.69, 9.17) is 4.74 Å². The van der Waals surface area contributed by atoms with Crippen LogP contribution in [0, 0.1) is 6.92 Å². The summed E-state index contributed by atoms with van der Waals surface area (Å²) in [7, 11) is 0. The Morgan fingerprint density at radius 1 is 1.12 bits per heavy atom. The van der Waals surface area contributed by atoms with Crippen molar-refractivity contribution in [3.63, 3.8) is 0 Å². The van der Waals surface area contributed by atoms with Gasteiger partial charge < -0.3 is 10.1 Å². The van der Waals surface area contributed by atoms with Crippen LogP contribution in [-0.2, 0) is 17.4 Å². The Kier molecular flexibility index (Phi) is 5.84. The van der Waals surface area contributed by atoms with Gasteiger partial charge in [0.05, 0.1) is 18.5 Å². The van der Waals surface area contributed by atoms with Crippen molar-refractivity contribution in [3.05, 3.63) is 65.2 Å². The molecule has 0 spiro atoms. The summed E-state index contributed by atoms with van der Waals surface area (Å²) in [6, 6.07) is 12.3. The predicted molar refractivity (Wildman–Crippen MR) is 84.8 cm³/mol. The van der Waals surface area contributed by atoms with Crippen molar-refractivity contribution in [1.82, 2.24) is 5.32 Å². The van der Waals surface area contributed by atoms with Crippen LogP contribution in [0.2, 0.25) is 0 Å². The van der Waals surface area contributed by atoms with E-state index in [-0.39, 0.29) is 25.5 Å². The second-order valence-electron chi connectivity index (χ2n) is 5.39. The highest BCUT2D eigenvalue weighted by molar-refractivity contribution is 5.78. The van der Waals surface area contributed by atoms with Gasteiger partial charge in [-0.2, -0.15) is 13.2 Å². The van der Waals surface area contributed by atoms with Gasteiger partial charge in [0.1, 0.15) is 12.4 Å². The van der Waals surface area contributed by atoms with E-state index in [1.807, 2.05) is 31.2 Å². The third kappa shape index (κ3) is 5.61. The molecule has 2 rings (SSSR count). The van der Waals surface area contributed by atoms with Crippen molar-refractivity contribution in [2.45, 2.75) is 19.5 Å². The first-order valence-corrected chi connectivity index (χ1v) is 7.47. The molecule has 0 aliphatic heterocycles. The molecule has 0 bridgehead atoms. The van der Waals surface area contributed by atoms with Gasteiger partial charge in [-0.1, -0.05) is 35.9 Å². The van der Waals surface area contributed by atoms with Gasteiger partial charge in [0.25, 0.3) is 0 Å². The standard InChI is InChI=1S/C18H18F3NO2/c1-13-5-7-16(8-6-13)24-10-9-22-17(23)12-14-3-2-4-15(11-14)18(19,20)21/h2-8,11H,9-10,12H2,1H3,(H,22,23). The first-order chi connectivity index (χ1) is 11.3. The Balaban J connectivity index is 1.76. The third-order valence-corrected chi connectivity index (χ3v) is 3.33. The largest absolute Gasteiger partial charge is 0.492 e. The minimum absolute atomic E-state index is 0.103. The lowest BCUT2D eigenvalue weighted by atomic mass is 10.1. The first-order valence-electron chi connectivity index (χ1n) is 7.47. The van der Waals surface area contributed by atoms with Crippen LogP contribution in [0.5, 0.6) is 5.75 Å². The number of hydrogen-bond acceptors (Lipinski definition) is 2. The number of carbonyl (C=O) groups excluding carboxylic acids is 1. The van der Waals surface area contributed by atoms with E-state index in [0.717, 1.165) is 17.7 Å². The van der Waals surface area contributed by atoms with E-state index in [9.17, 15) is 18.0 Å². The lowest BCUT2D eigenvalue weighted by Crippen LogP contribution is -2.29. The molecular weight excluding hydrogens is 319 g/mol. The number of amides is 1. The van der Waals surface area contributed by atoms with E-state index in [1.165, 1.54) is 12.1 Å². The van der Waals surface area contributed by atoms with Gasteiger partial charge in [-0.05, 0) is 30.7 Å². The summed E-state index contributed by atoms with van der Waals surface area (Å²) in [6.07, 6.45) is -4.51. The minimum atomic E-state index is -4.41. The number of ether oxygens (including phenoxy) is 1. The quantitative estimate of drug-likeness (QED) is 0.815. The molecule has 0 atom stereocenters. The second kappa shape index (κ2) is 7.86. The maximum atomic E-state index is 12.6. The van der Waals surface area contributed by atoms with Crippen LogP contribution in [0.4, 0.5) is 13.2 Å². The topological polar surface area (TPSA) is 38.3 Å². The normalized spacial score (nSPS) is 11.2. The molecule has 0 saturated carbocycles. The zero-order valence-electron chi connectivity index (χ0n) is 13.2. The summed E-state index contributed by atoms with van der Waals surface area (Å²) in [4.78, 5) is 11.8. The summed E-state index contributed by atoms with van der Waals surface area (Å²) in [5.74, 6) is 0.356. The van der Waals surface area contributed by atoms with Crippen LogP contribution >= 0.6 is 0 Å². The number of rotatable bonds is 6. The Bertz CT molecular complexity index is 681. The van der Waals surface area contributed by atoms with E-state index in [0.29, 0.717) is 11.3 Å². The average molecular weight is 337 g/mol. The maximum Gasteiger partial charge on any atom is 0.416 e. The molecule has 24 heavy (non-hydrogen) atoms. The van der Waals surface area contributed by atoms with Crippen molar-refractivity contribution in [1.29, 1.82) is 0 Å². The smallest absolute Gasteiger partial charge is 0.416 e. The van der Waals surface area contributed by atoms with Crippen molar-refractivity contribution in [2.75, 3.05) is 13.2 Å². The number of hydrogen-bond donors (Lipinski definition) is 1. The highest BCUT2D eigenvalue weighted by Crippen LogP contribution is 2.29. The molecule has 0 aliphatic carbocycles. The van der Waals surface area contributed by atoms with Gasteiger partial charge in [0, 0.05) is 0 Å². The Morgan fingerprint density at radius 2 is 1.83 bits per heavy atom. The van der Waals surface area contributed by atoms with E-state index in [1.54, 1.807) is 0 Å². The fourth-order valence-electron chi connectivity index (χ4n) is 2.10. The number of benzene rings is 2. The molecule has 0 aromatic heterocycles. The van der Waals surface area contributed by atoms with Crippen LogP contribution in [0.25, 0.3) is 0 Å². The summed E-state index contributed by atoms with van der Waals surface area (Å²) < 4.78 is 43.3. The van der Waals surface area contributed by atoms with Gasteiger partial charge in [-0.3, -0.25) is 4.79 Å². The second-order valence-corrected chi connectivity index (χ2v) is 5.39. The first kappa shape index (κ1) is 17.8. The van der Waals surface area contributed by atoms with Gasteiger partial charge in [-0.25, -0.2) is 0 Å². The fourth-order valence-corrected chi connectivity index (χ4v) is 2.10. The summed E-state index contributed by atoms with van der Waals surface area (Å²) >= 11 is 0. The zero-order chi connectivity index (χ0) is 17.6. The minimum Gasteiger partial charge on any atom is -0.492 e. The number of aryl methyl sites for hydroxylation is 1. The molecule has 0 fully saturated rings. The molecule has 0 aliphatic rings. The molecule has 0 saturated heterocycles. The van der Waals surface area contributed by atoms with Gasteiger partial charge in [0.15, 0.2) is 0 Å². The van der Waals surface area contributed by atoms with Gasteiger partial charge in [0.2, 0.25) is 5.91 Å². The number of alkyl halides is 3. The lowest BCUT2D eigenvalue weighted by molar-refractivity contribution is -0.137. The van der Waals surface area contributed by atoms with Crippen LogP contribution < -0.4 is 10.1 Å². The molecule has 0 heterocycles. The SMILES string of the molecule is Cc1ccc(OCCNC(=O)Cc2cccc(C(F)(F)F)c2)cc1. The third-order valence-electron chi connectivity index (χ3n) is 3.33. The van der Waals surface area contributed by atoms with Crippen molar-refractivity contribution in [2.24, 2.45) is 0 Å². The number of carbonyl (C=O) groups is 1. The Labute approximate surface area is 138 Å². The molecule has 2 aromatic carbocycles. The number of halogens is 3.